The first-order valence-electron chi connectivity index (χ1n) is 8.84. The lowest BCUT2D eigenvalue weighted by Gasteiger charge is -2.18. The topological polar surface area (TPSA) is 22.1 Å². The first kappa shape index (κ1) is 16.4. The largest absolute Gasteiger partial charge is 0.550 e. The number of fused-ring (bicyclic) bond motifs is 1. The second-order valence-corrected chi connectivity index (χ2v) is 6.65. The molecule has 126 valence electrons. The molecule has 0 saturated heterocycles. The first-order valence-corrected chi connectivity index (χ1v) is 8.84. The van der Waals surface area contributed by atoms with E-state index in [-0.39, 0.29) is 6.92 Å². The average molecular weight is 337 g/mol. The summed E-state index contributed by atoms with van der Waals surface area (Å²) in [4.78, 5) is 4.52. The Labute approximate surface area is 154 Å². The van der Waals surface area contributed by atoms with Crippen LogP contribution in [0.5, 0.6) is 5.75 Å². The Kier molecular flexibility index (Phi) is 4.45. The van der Waals surface area contributed by atoms with Crippen LogP contribution in [0.15, 0.2) is 85.1 Å². The lowest BCUT2D eigenvalue weighted by atomic mass is 9.55. The maximum Gasteiger partial charge on any atom is 0.426 e. The van der Waals surface area contributed by atoms with Crippen LogP contribution in [0.3, 0.4) is 0 Å². The number of pyridine rings is 1. The molecule has 0 bridgehead atoms. The Morgan fingerprint density at radius 3 is 1.88 bits per heavy atom. The van der Waals surface area contributed by atoms with Crippen LogP contribution in [0.2, 0.25) is 0 Å². The summed E-state index contributed by atoms with van der Waals surface area (Å²) in [6.07, 6.45) is 1.81. The Morgan fingerprint density at radius 2 is 1.27 bits per heavy atom. The zero-order valence-electron chi connectivity index (χ0n) is 15.0. The molecule has 26 heavy (non-hydrogen) atoms. The number of hydrogen-bond acceptors (Lipinski definition) is 2. The molecule has 3 aromatic carbocycles. The molecule has 0 fully saturated rings. The lowest BCUT2D eigenvalue weighted by molar-refractivity contribution is 0.597. The fourth-order valence-electron chi connectivity index (χ4n) is 3.11. The van der Waals surface area contributed by atoms with E-state index >= 15 is 0 Å². The van der Waals surface area contributed by atoms with Gasteiger partial charge in [0, 0.05) is 11.6 Å². The number of benzene rings is 3. The number of hydrogen-bond donors (Lipinski definition) is 0. The lowest BCUT2D eigenvalue weighted by Crippen LogP contribution is -2.47. The van der Waals surface area contributed by atoms with Gasteiger partial charge in [-0.1, -0.05) is 77.9 Å². The highest BCUT2D eigenvalue weighted by molar-refractivity contribution is 6.80. The monoisotopic (exact) mass is 337 g/mol. The molecule has 0 aliphatic rings. The van der Waals surface area contributed by atoms with Gasteiger partial charge in [0.15, 0.2) is 0 Å². The third-order valence-electron chi connectivity index (χ3n) is 4.60. The molecule has 4 rings (SSSR count). The molecule has 0 aliphatic carbocycles. The van der Waals surface area contributed by atoms with Gasteiger partial charge in [0.25, 0.3) is 0 Å². The van der Waals surface area contributed by atoms with Crippen molar-refractivity contribution in [3.8, 4) is 5.75 Å². The first-order chi connectivity index (χ1) is 12.7. The SMILES string of the molecule is Cc1ccc(B(Oc2cccc3cccnc23)c2ccc(C)cc2)cc1. The standard InChI is InChI=1S/C23H20BNO/c1-17-8-12-20(13-9-17)24(21-14-10-18(2)11-15-21)26-22-7-3-5-19-6-4-16-25-23(19)22/h3-16H,1-2H3. The molecule has 0 N–H and O–H groups in total. The Hall–Kier alpha value is -3.07. The van der Waals surface area contributed by atoms with Crippen molar-refractivity contribution in [2.45, 2.75) is 13.8 Å². The normalized spacial score (nSPS) is 10.7. The summed E-state index contributed by atoms with van der Waals surface area (Å²) < 4.78 is 6.52. The van der Waals surface area contributed by atoms with Gasteiger partial charge in [-0.05, 0) is 36.9 Å². The van der Waals surface area contributed by atoms with Crippen molar-refractivity contribution < 1.29 is 4.65 Å². The van der Waals surface area contributed by atoms with E-state index in [0.717, 1.165) is 27.6 Å². The average Bonchev–Trinajstić information content (AvgIpc) is 2.68. The van der Waals surface area contributed by atoms with Crippen LogP contribution < -0.4 is 15.6 Å². The van der Waals surface area contributed by atoms with Gasteiger partial charge in [0.2, 0.25) is 0 Å². The predicted molar refractivity (Wildman–Crippen MR) is 110 cm³/mol. The number of aromatic nitrogens is 1. The molecular formula is C23H20BNO. The van der Waals surface area contributed by atoms with Crippen molar-refractivity contribution in [1.29, 1.82) is 0 Å². The molecule has 0 saturated carbocycles. The van der Waals surface area contributed by atoms with Crippen LogP contribution in [0.4, 0.5) is 0 Å². The second kappa shape index (κ2) is 7.05. The predicted octanol–water partition coefficient (Wildman–Crippen LogP) is 4.04. The van der Waals surface area contributed by atoms with E-state index in [4.69, 9.17) is 4.65 Å². The number of rotatable bonds is 4. The molecule has 3 heteroatoms. The van der Waals surface area contributed by atoms with Gasteiger partial charge >= 0.3 is 6.92 Å². The summed E-state index contributed by atoms with van der Waals surface area (Å²) in [5, 5.41) is 1.08. The molecule has 1 aromatic heterocycles. The van der Waals surface area contributed by atoms with Crippen LogP contribution in [-0.4, -0.2) is 11.9 Å². The summed E-state index contributed by atoms with van der Waals surface area (Å²) in [6.45, 7) is 4.02. The molecule has 1 heterocycles. The summed E-state index contributed by atoms with van der Waals surface area (Å²) >= 11 is 0. The van der Waals surface area contributed by atoms with E-state index in [9.17, 15) is 0 Å². The van der Waals surface area contributed by atoms with Crippen LogP contribution in [-0.2, 0) is 0 Å². The van der Waals surface area contributed by atoms with E-state index in [0.29, 0.717) is 0 Å². The number of nitrogens with zero attached hydrogens (tertiary/aromatic N) is 1. The molecule has 0 radical (unpaired) electrons. The Morgan fingerprint density at radius 1 is 0.692 bits per heavy atom. The van der Waals surface area contributed by atoms with Crippen molar-refractivity contribution in [3.05, 3.63) is 96.2 Å². The van der Waals surface area contributed by atoms with Gasteiger partial charge < -0.3 is 4.65 Å². The van der Waals surface area contributed by atoms with Crippen LogP contribution in [0.1, 0.15) is 11.1 Å². The fourth-order valence-corrected chi connectivity index (χ4v) is 3.11. The second-order valence-electron chi connectivity index (χ2n) is 6.65. The summed E-state index contributed by atoms with van der Waals surface area (Å²) in [6, 6.07) is 27.1. The maximum absolute atomic E-state index is 6.52. The Balaban J connectivity index is 1.79. The van der Waals surface area contributed by atoms with E-state index in [1.807, 2.05) is 24.4 Å². The third kappa shape index (κ3) is 3.34. The highest BCUT2D eigenvalue weighted by atomic mass is 16.4. The molecular weight excluding hydrogens is 317 g/mol. The molecule has 0 aliphatic heterocycles. The Bertz CT molecular complexity index is 975. The quantitative estimate of drug-likeness (QED) is 0.525. The zero-order valence-corrected chi connectivity index (χ0v) is 15.0. The molecule has 4 aromatic rings. The van der Waals surface area contributed by atoms with Gasteiger partial charge in [-0.3, -0.25) is 4.98 Å². The minimum absolute atomic E-state index is 0.177. The minimum atomic E-state index is -0.177. The van der Waals surface area contributed by atoms with Crippen LogP contribution in [0, 0.1) is 13.8 Å². The van der Waals surface area contributed by atoms with Gasteiger partial charge in [-0.15, -0.1) is 0 Å². The van der Waals surface area contributed by atoms with Crippen molar-refractivity contribution in [3.63, 3.8) is 0 Å². The zero-order chi connectivity index (χ0) is 17.9. The minimum Gasteiger partial charge on any atom is -0.550 e. The molecule has 0 spiro atoms. The van der Waals surface area contributed by atoms with E-state index in [2.05, 4.69) is 79.5 Å². The highest BCUT2D eigenvalue weighted by Crippen LogP contribution is 2.23. The van der Waals surface area contributed by atoms with Gasteiger partial charge in [0.05, 0.1) is 0 Å². The van der Waals surface area contributed by atoms with Gasteiger partial charge in [-0.25, -0.2) is 0 Å². The fraction of sp³-hybridized carbons (Fsp3) is 0.0870. The molecule has 0 atom stereocenters. The van der Waals surface area contributed by atoms with Crippen molar-refractivity contribution in [2.75, 3.05) is 0 Å². The van der Waals surface area contributed by atoms with Gasteiger partial charge in [0.1, 0.15) is 11.3 Å². The van der Waals surface area contributed by atoms with Crippen LogP contribution >= 0.6 is 0 Å². The molecule has 2 nitrogen and oxygen atoms in total. The number of para-hydroxylation sites is 1. The molecule has 0 amide bonds. The van der Waals surface area contributed by atoms with Crippen molar-refractivity contribution >= 4 is 28.7 Å². The van der Waals surface area contributed by atoms with E-state index in [1.54, 1.807) is 0 Å². The van der Waals surface area contributed by atoms with Crippen molar-refractivity contribution in [2.24, 2.45) is 0 Å². The summed E-state index contributed by atoms with van der Waals surface area (Å²) in [7, 11) is 0. The smallest absolute Gasteiger partial charge is 0.426 e. The van der Waals surface area contributed by atoms with Crippen LogP contribution in [0.25, 0.3) is 10.9 Å². The molecule has 0 unspecified atom stereocenters. The highest BCUT2D eigenvalue weighted by Gasteiger charge is 2.24. The van der Waals surface area contributed by atoms with E-state index in [1.165, 1.54) is 11.1 Å². The summed E-state index contributed by atoms with van der Waals surface area (Å²) in [5.41, 5.74) is 5.63. The maximum atomic E-state index is 6.52. The third-order valence-corrected chi connectivity index (χ3v) is 4.60. The van der Waals surface area contributed by atoms with Gasteiger partial charge in [-0.2, -0.15) is 0 Å². The summed E-state index contributed by atoms with van der Waals surface area (Å²) in [5.74, 6) is 0.800. The number of aryl methyl sites for hydroxylation is 2. The van der Waals surface area contributed by atoms with Crippen molar-refractivity contribution in [1.82, 2.24) is 4.98 Å². The van der Waals surface area contributed by atoms with E-state index < -0.39 is 0 Å².